The molecule has 1 atom stereocenters. The topological polar surface area (TPSA) is 77.9 Å². The maximum absolute atomic E-state index is 7.77. The molecule has 28 heavy (non-hydrogen) atoms. The molecule has 2 aromatic heterocycles. The van der Waals surface area contributed by atoms with E-state index in [1.807, 2.05) is 30.5 Å². The lowest BCUT2D eigenvalue weighted by Gasteiger charge is -2.34. The maximum Gasteiger partial charge on any atom is 0.180 e. The summed E-state index contributed by atoms with van der Waals surface area (Å²) < 4.78 is 5.03. The normalized spacial score (nSPS) is 16.3. The number of methoxy groups -OCH3 is 1. The van der Waals surface area contributed by atoms with Gasteiger partial charge in [0, 0.05) is 12.6 Å². The number of aryl methyl sites for hydroxylation is 1. The van der Waals surface area contributed by atoms with Crippen molar-refractivity contribution in [1.82, 2.24) is 19.9 Å². The molecule has 0 amide bonds. The number of para-hydroxylation sites is 2. The predicted molar refractivity (Wildman–Crippen MR) is 110 cm³/mol. The molecule has 1 unspecified atom stereocenters. The Morgan fingerprint density at radius 2 is 2.18 bits per heavy atom. The number of fused-ring (bicyclic) bond motifs is 2. The van der Waals surface area contributed by atoms with Gasteiger partial charge in [-0.1, -0.05) is 18.2 Å². The molecule has 0 aliphatic heterocycles. The molecule has 0 radical (unpaired) electrons. The van der Waals surface area contributed by atoms with Crippen LogP contribution in [0.25, 0.3) is 11.0 Å². The Morgan fingerprint density at radius 3 is 3.04 bits per heavy atom. The number of pyridine rings is 1. The van der Waals surface area contributed by atoms with Crippen LogP contribution < -0.4 is 0 Å². The summed E-state index contributed by atoms with van der Waals surface area (Å²) in [5.74, 6) is 1.32. The minimum Gasteiger partial charge on any atom is -0.484 e. The van der Waals surface area contributed by atoms with Crippen molar-refractivity contribution in [2.45, 2.75) is 44.7 Å². The van der Waals surface area contributed by atoms with Crippen LogP contribution in [0.15, 0.2) is 42.6 Å². The quantitative estimate of drug-likeness (QED) is 0.477. The highest BCUT2D eigenvalue weighted by molar-refractivity contribution is 5.74. The first-order valence-corrected chi connectivity index (χ1v) is 9.97. The Hall–Kier alpha value is -2.73. The van der Waals surface area contributed by atoms with Gasteiger partial charge in [-0.15, -0.1) is 0 Å². The first-order valence-electron chi connectivity index (χ1n) is 9.97. The lowest BCUT2D eigenvalue weighted by atomic mass is 9.90. The van der Waals surface area contributed by atoms with Gasteiger partial charge in [0.15, 0.2) is 5.90 Å². The number of aromatic amines is 1. The van der Waals surface area contributed by atoms with E-state index in [2.05, 4.69) is 22.0 Å². The third-order valence-electron chi connectivity index (χ3n) is 5.49. The van der Waals surface area contributed by atoms with E-state index in [9.17, 15) is 0 Å². The number of imidazole rings is 1. The third kappa shape index (κ3) is 4.07. The van der Waals surface area contributed by atoms with Crippen molar-refractivity contribution < 1.29 is 4.74 Å². The monoisotopic (exact) mass is 377 g/mol. The van der Waals surface area contributed by atoms with E-state index in [1.54, 1.807) is 7.11 Å². The Morgan fingerprint density at radius 1 is 1.29 bits per heavy atom. The van der Waals surface area contributed by atoms with E-state index in [4.69, 9.17) is 20.1 Å². The van der Waals surface area contributed by atoms with Gasteiger partial charge in [0.25, 0.3) is 0 Å². The van der Waals surface area contributed by atoms with Crippen LogP contribution in [0.5, 0.6) is 0 Å². The van der Waals surface area contributed by atoms with Crippen molar-refractivity contribution in [3.05, 3.63) is 59.7 Å². The zero-order chi connectivity index (χ0) is 19.3. The minimum absolute atomic E-state index is 0.287. The number of nitrogens with one attached hydrogen (secondary N) is 2. The SMILES string of the molecule is COC(=N)CCCN(Cc1nc2ccccc2[nH]1)C1CCCc2cccnc21. The number of H-pyrrole nitrogens is 1. The highest BCUT2D eigenvalue weighted by Crippen LogP contribution is 2.33. The van der Waals surface area contributed by atoms with Crippen LogP contribution in [0, 0.1) is 5.41 Å². The van der Waals surface area contributed by atoms with E-state index in [0.29, 0.717) is 12.3 Å². The van der Waals surface area contributed by atoms with Gasteiger partial charge in [-0.2, -0.15) is 0 Å². The summed E-state index contributed by atoms with van der Waals surface area (Å²) in [5, 5.41) is 7.77. The second-order valence-electron chi connectivity index (χ2n) is 7.36. The summed E-state index contributed by atoms with van der Waals surface area (Å²) in [4.78, 5) is 15.4. The van der Waals surface area contributed by atoms with Gasteiger partial charge in [-0.3, -0.25) is 15.3 Å². The Labute approximate surface area is 165 Å². The fraction of sp³-hybridized carbons (Fsp3) is 0.409. The summed E-state index contributed by atoms with van der Waals surface area (Å²) in [6, 6.07) is 12.7. The van der Waals surface area contributed by atoms with Crippen molar-refractivity contribution in [2.75, 3.05) is 13.7 Å². The average molecular weight is 377 g/mol. The maximum atomic E-state index is 7.77. The second-order valence-corrected chi connectivity index (χ2v) is 7.36. The first-order chi connectivity index (χ1) is 13.7. The fourth-order valence-corrected chi connectivity index (χ4v) is 4.10. The van der Waals surface area contributed by atoms with Gasteiger partial charge < -0.3 is 9.72 Å². The van der Waals surface area contributed by atoms with Crippen LogP contribution in [-0.4, -0.2) is 39.4 Å². The molecule has 0 saturated heterocycles. The van der Waals surface area contributed by atoms with Crippen molar-refractivity contribution in [1.29, 1.82) is 5.41 Å². The molecular formula is C22H27N5O. The summed E-state index contributed by atoms with van der Waals surface area (Å²) in [6.45, 7) is 1.62. The standard InChI is InChI=1S/C22H27N5O/c1-28-20(23)12-6-14-27(15-21-25-17-9-2-3-10-18(17)26-21)19-11-4-7-16-8-5-13-24-22(16)19/h2-3,5,8-10,13,19,23H,4,6-7,11-12,14-15H2,1H3,(H,25,26). The molecular weight excluding hydrogens is 350 g/mol. The van der Waals surface area contributed by atoms with Crippen molar-refractivity contribution in [3.63, 3.8) is 0 Å². The van der Waals surface area contributed by atoms with Gasteiger partial charge in [-0.05, 0) is 56.0 Å². The van der Waals surface area contributed by atoms with Crippen LogP contribution in [0.3, 0.4) is 0 Å². The molecule has 2 heterocycles. The number of benzene rings is 1. The molecule has 6 nitrogen and oxygen atoms in total. The van der Waals surface area contributed by atoms with Crippen LogP contribution in [0.2, 0.25) is 0 Å². The van der Waals surface area contributed by atoms with Crippen molar-refractivity contribution in [3.8, 4) is 0 Å². The molecule has 3 aromatic rings. The van der Waals surface area contributed by atoms with Crippen molar-refractivity contribution >= 4 is 16.9 Å². The van der Waals surface area contributed by atoms with E-state index >= 15 is 0 Å². The Bertz CT molecular complexity index is 918. The molecule has 0 spiro atoms. The highest BCUT2D eigenvalue weighted by atomic mass is 16.5. The van der Waals surface area contributed by atoms with Crippen LogP contribution in [0.4, 0.5) is 0 Å². The zero-order valence-electron chi connectivity index (χ0n) is 16.3. The van der Waals surface area contributed by atoms with Crippen molar-refractivity contribution in [2.24, 2.45) is 0 Å². The molecule has 6 heteroatoms. The molecule has 0 bridgehead atoms. The third-order valence-corrected chi connectivity index (χ3v) is 5.49. The lowest BCUT2D eigenvalue weighted by molar-refractivity contribution is 0.160. The Kier molecular flexibility index (Phi) is 5.67. The van der Waals surface area contributed by atoms with Gasteiger partial charge in [0.1, 0.15) is 5.82 Å². The van der Waals surface area contributed by atoms with Gasteiger partial charge >= 0.3 is 0 Å². The highest BCUT2D eigenvalue weighted by Gasteiger charge is 2.27. The van der Waals surface area contributed by atoms with E-state index in [1.165, 1.54) is 17.7 Å². The number of nitrogens with zero attached hydrogens (tertiary/aromatic N) is 3. The lowest BCUT2D eigenvalue weighted by Crippen LogP contribution is -2.33. The Balaban J connectivity index is 1.57. The van der Waals surface area contributed by atoms with Gasteiger partial charge in [0.05, 0.1) is 36.4 Å². The molecule has 0 fully saturated rings. The molecule has 146 valence electrons. The van der Waals surface area contributed by atoms with Gasteiger partial charge in [-0.25, -0.2) is 4.98 Å². The second kappa shape index (κ2) is 8.52. The average Bonchev–Trinajstić information content (AvgIpc) is 3.15. The smallest absolute Gasteiger partial charge is 0.180 e. The van der Waals surface area contributed by atoms with Gasteiger partial charge in [0.2, 0.25) is 0 Å². The summed E-state index contributed by atoms with van der Waals surface area (Å²) in [6.07, 6.45) is 6.81. The summed E-state index contributed by atoms with van der Waals surface area (Å²) in [5.41, 5.74) is 4.63. The van der Waals surface area contributed by atoms with E-state index in [0.717, 1.165) is 49.2 Å². The molecule has 4 rings (SSSR count). The minimum atomic E-state index is 0.287. The number of hydrogen-bond donors (Lipinski definition) is 2. The summed E-state index contributed by atoms with van der Waals surface area (Å²) in [7, 11) is 1.57. The number of ether oxygens (including phenoxy) is 1. The molecule has 0 saturated carbocycles. The van der Waals surface area contributed by atoms with E-state index in [-0.39, 0.29) is 6.04 Å². The molecule has 1 aliphatic rings. The number of hydrogen-bond acceptors (Lipinski definition) is 5. The first kappa shape index (κ1) is 18.6. The van der Waals surface area contributed by atoms with Crippen LogP contribution in [-0.2, 0) is 17.7 Å². The zero-order valence-corrected chi connectivity index (χ0v) is 16.3. The number of aromatic nitrogens is 3. The summed E-state index contributed by atoms with van der Waals surface area (Å²) >= 11 is 0. The van der Waals surface area contributed by atoms with E-state index < -0.39 is 0 Å². The molecule has 2 N–H and O–H groups in total. The predicted octanol–water partition coefficient (Wildman–Crippen LogP) is 4.24. The largest absolute Gasteiger partial charge is 0.484 e. The molecule has 1 aliphatic carbocycles. The fourth-order valence-electron chi connectivity index (χ4n) is 4.10. The molecule has 1 aromatic carbocycles. The van der Waals surface area contributed by atoms with Crippen LogP contribution >= 0.6 is 0 Å². The van der Waals surface area contributed by atoms with Crippen LogP contribution in [0.1, 0.15) is 48.8 Å². The number of rotatable bonds is 7.